The number of hydrogen-bond donors (Lipinski definition) is 1. The summed E-state index contributed by atoms with van der Waals surface area (Å²) < 4.78 is 0. The Hall–Kier alpha value is -0.820. The van der Waals surface area contributed by atoms with Gasteiger partial charge in [0.1, 0.15) is 0 Å². The molecular formula is C19H32O. The van der Waals surface area contributed by atoms with Crippen molar-refractivity contribution in [2.45, 2.75) is 84.7 Å². The third-order valence-electron chi connectivity index (χ3n) is 4.09. The van der Waals surface area contributed by atoms with E-state index in [1.54, 1.807) is 0 Å². The van der Waals surface area contributed by atoms with Gasteiger partial charge in [-0.3, -0.25) is 0 Å². The van der Waals surface area contributed by atoms with Gasteiger partial charge in [-0.25, -0.2) is 0 Å². The van der Waals surface area contributed by atoms with E-state index in [0.29, 0.717) is 11.8 Å². The lowest BCUT2D eigenvalue weighted by Crippen LogP contribution is -2.05. The summed E-state index contributed by atoms with van der Waals surface area (Å²) in [5, 5.41) is 10.5. The smallest absolute Gasteiger partial charge is 0.0792 e. The SMILES string of the molecule is CCCCCCC(O)c1ccc(C(C)C)cc1C(C)C. The lowest BCUT2D eigenvalue weighted by molar-refractivity contribution is 0.162. The monoisotopic (exact) mass is 276 g/mol. The molecule has 0 fully saturated rings. The van der Waals surface area contributed by atoms with Gasteiger partial charge in [-0.15, -0.1) is 0 Å². The highest BCUT2D eigenvalue weighted by molar-refractivity contribution is 5.36. The van der Waals surface area contributed by atoms with Gasteiger partial charge in [0.25, 0.3) is 0 Å². The highest BCUT2D eigenvalue weighted by Gasteiger charge is 2.15. The van der Waals surface area contributed by atoms with Gasteiger partial charge in [0.05, 0.1) is 6.10 Å². The average molecular weight is 276 g/mol. The molecule has 0 bridgehead atoms. The molecule has 0 saturated carbocycles. The molecular weight excluding hydrogens is 244 g/mol. The molecule has 1 N–H and O–H groups in total. The molecule has 1 heteroatoms. The van der Waals surface area contributed by atoms with Crippen LogP contribution < -0.4 is 0 Å². The van der Waals surface area contributed by atoms with Crippen molar-refractivity contribution in [2.24, 2.45) is 0 Å². The van der Waals surface area contributed by atoms with Crippen LogP contribution in [0.5, 0.6) is 0 Å². The van der Waals surface area contributed by atoms with Crippen LogP contribution in [0.15, 0.2) is 18.2 Å². The van der Waals surface area contributed by atoms with Gasteiger partial charge in [0.2, 0.25) is 0 Å². The van der Waals surface area contributed by atoms with Crippen LogP contribution in [0.1, 0.15) is 101 Å². The van der Waals surface area contributed by atoms with Gasteiger partial charge in [0, 0.05) is 0 Å². The van der Waals surface area contributed by atoms with Crippen molar-refractivity contribution in [1.29, 1.82) is 0 Å². The van der Waals surface area contributed by atoms with E-state index in [4.69, 9.17) is 0 Å². The predicted octanol–water partition coefficient (Wildman–Crippen LogP) is 5.94. The molecule has 1 aromatic rings. The fourth-order valence-electron chi connectivity index (χ4n) is 2.68. The molecule has 0 aliphatic rings. The summed E-state index contributed by atoms with van der Waals surface area (Å²) >= 11 is 0. The largest absolute Gasteiger partial charge is 0.388 e. The summed E-state index contributed by atoms with van der Waals surface area (Å²) in [5.74, 6) is 1.01. The molecule has 0 amide bonds. The van der Waals surface area contributed by atoms with Crippen LogP contribution in [-0.4, -0.2) is 5.11 Å². The van der Waals surface area contributed by atoms with Crippen LogP contribution in [0, 0.1) is 0 Å². The number of aliphatic hydroxyl groups is 1. The van der Waals surface area contributed by atoms with E-state index in [9.17, 15) is 5.11 Å². The first kappa shape index (κ1) is 17.2. The Morgan fingerprint density at radius 1 is 0.900 bits per heavy atom. The number of hydrogen-bond acceptors (Lipinski definition) is 1. The number of rotatable bonds is 8. The fraction of sp³-hybridized carbons (Fsp3) is 0.684. The van der Waals surface area contributed by atoms with Crippen molar-refractivity contribution in [1.82, 2.24) is 0 Å². The Morgan fingerprint density at radius 2 is 1.60 bits per heavy atom. The molecule has 1 atom stereocenters. The maximum atomic E-state index is 10.5. The minimum absolute atomic E-state index is 0.300. The van der Waals surface area contributed by atoms with Crippen LogP contribution in [0.3, 0.4) is 0 Å². The first-order chi connectivity index (χ1) is 9.47. The maximum Gasteiger partial charge on any atom is 0.0792 e. The van der Waals surface area contributed by atoms with Gasteiger partial charge in [-0.1, -0.05) is 78.5 Å². The van der Waals surface area contributed by atoms with Gasteiger partial charge >= 0.3 is 0 Å². The Balaban J connectivity index is 2.82. The normalized spacial score (nSPS) is 13.2. The average Bonchev–Trinajstić information content (AvgIpc) is 2.42. The highest BCUT2D eigenvalue weighted by atomic mass is 16.3. The van der Waals surface area contributed by atoms with Crippen molar-refractivity contribution in [3.05, 3.63) is 34.9 Å². The molecule has 1 nitrogen and oxygen atoms in total. The van der Waals surface area contributed by atoms with E-state index < -0.39 is 0 Å². The molecule has 1 aromatic carbocycles. The second-order valence-electron chi connectivity index (χ2n) is 6.56. The quantitative estimate of drug-likeness (QED) is 0.583. The topological polar surface area (TPSA) is 20.2 Å². The minimum atomic E-state index is -0.300. The predicted molar refractivity (Wildman–Crippen MR) is 88.3 cm³/mol. The summed E-state index contributed by atoms with van der Waals surface area (Å²) in [6.45, 7) is 11.1. The van der Waals surface area contributed by atoms with Crippen molar-refractivity contribution in [2.75, 3.05) is 0 Å². The van der Waals surface area contributed by atoms with E-state index >= 15 is 0 Å². The summed E-state index contributed by atoms with van der Waals surface area (Å²) in [6, 6.07) is 6.62. The molecule has 0 aliphatic heterocycles. The van der Waals surface area contributed by atoms with Crippen molar-refractivity contribution in [3.8, 4) is 0 Å². The lowest BCUT2D eigenvalue weighted by Gasteiger charge is -2.20. The van der Waals surface area contributed by atoms with E-state index in [2.05, 4.69) is 52.8 Å². The Kier molecular flexibility index (Phi) is 7.29. The molecule has 114 valence electrons. The molecule has 1 unspecified atom stereocenters. The summed E-state index contributed by atoms with van der Waals surface area (Å²) in [5.41, 5.74) is 3.83. The third kappa shape index (κ3) is 4.94. The second kappa shape index (κ2) is 8.46. The molecule has 1 rings (SSSR count). The zero-order valence-corrected chi connectivity index (χ0v) is 13.9. The van der Waals surface area contributed by atoms with E-state index in [1.807, 2.05) is 0 Å². The van der Waals surface area contributed by atoms with Crippen molar-refractivity contribution >= 4 is 0 Å². The molecule has 0 heterocycles. The standard InChI is InChI=1S/C19H32O/c1-6-7-8-9-10-19(20)17-12-11-16(14(2)3)13-18(17)15(4)5/h11-15,19-20H,6-10H2,1-5H3. The van der Waals surface area contributed by atoms with Gasteiger partial charge < -0.3 is 5.11 Å². The first-order valence-electron chi connectivity index (χ1n) is 8.29. The summed E-state index contributed by atoms with van der Waals surface area (Å²) in [6.07, 6.45) is 5.46. The van der Waals surface area contributed by atoms with Crippen molar-refractivity contribution in [3.63, 3.8) is 0 Å². The minimum Gasteiger partial charge on any atom is -0.388 e. The lowest BCUT2D eigenvalue weighted by atomic mass is 9.88. The molecule has 0 aliphatic carbocycles. The van der Waals surface area contributed by atoms with Crippen LogP contribution in [0.2, 0.25) is 0 Å². The van der Waals surface area contributed by atoms with Gasteiger partial charge in [-0.05, 0) is 34.9 Å². The second-order valence-corrected chi connectivity index (χ2v) is 6.56. The highest BCUT2D eigenvalue weighted by Crippen LogP contribution is 2.31. The first-order valence-corrected chi connectivity index (χ1v) is 8.29. The fourth-order valence-corrected chi connectivity index (χ4v) is 2.68. The van der Waals surface area contributed by atoms with Gasteiger partial charge in [0.15, 0.2) is 0 Å². The van der Waals surface area contributed by atoms with E-state index in [1.165, 1.54) is 30.4 Å². The van der Waals surface area contributed by atoms with Crippen molar-refractivity contribution < 1.29 is 5.11 Å². The number of benzene rings is 1. The van der Waals surface area contributed by atoms with E-state index in [0.717, 1.165) is 18.4 Å². The van der Waals surface area contributed by atoms with E-state index in [-0.39, 0.29) is 6.10 Å². The zero-order valence-electron chi connectivity index (χ0n) is 13.9. The molecule has 0 spiro atoms. The Morgan fingerprint density at radius 3 is 2.15 bits per heavy atom. The van der Waals surface area contributed by atoms with Crippen LogP contribution >= 0.6 is 0 Å². The summed E-state index contributed by atoms with van der Waals surface area (Å²) in [7, 11) is 0. The molecule has 0 radical (unpaired) electrons. The number of unbranched alkanes of at least 4 members (excludes halogenated alkanes) is 3. The molecule has 20 heavy (non-hydrogen) atoms. The number of aliphatic hydroxyl groups excluding tert-OH is 1. The third-order valence-corrected chi connectivity index (χ3v) is 4.09. The van der Waals surface area contributed by atoms with Crippen LogP contribution in [0.4, 0.5) is 0 Å². The Bertz CT molecular complexity index is 393. The molecule has 0 saturated heterocycles. The zero-order chi connectivity index (χ0) is 15.1. The summed E-state index contributed by atoms with van der Waals surface area (Å²) in [4.78, 5) is 0. The Labute approximate surface area is 125 Å². The van der Waals surface area contributed by atoms with Crippen LogP contribution in [0.25, 0.3) is 0 Å². The maximum absolute atomic E-state index is 10.5. The van der Waals surface area contributed by atoms with Gasteiger partial charge in [-0.2, -0.15) is 0 Å². The molecule has 0 aromatic heterocycles. The van der Waals surface area contributed by atoms with Crippen LogP contribution in [-0.2, 0) is 0 Å².